The van der Waals surface area contributed by atoms with Gasteiger partial charge in [-0.05, 0) is 44.0 Å². The number of aryl methyl sites for hydroxylation is 1. The first kappa shape index (κ1) is 21.3. The molecule has 1 aromatic carbocycles. The van der Waals surface area contributed by atoms with Crippen LogP contribution in [0.5, 0.6) is 0 Å². The van der Waals surface area contributed by atoms with Gasteiger partial charge in [0.2, 0.25) is 5.91 Å². The lowest BCUT2D eigenvalue weighted by Gasteiger charge is -2.28. The Bertz CT molecular complexity index is 1000. The van der Waals surface area contributed by atoms with E-state index in [1.54, 1.807) is 6.33 Å². The highest BCUT2D eigenvalue weighted by molar-refractivity contribution is 7.99. The molecule has 1 aromatic heterocycles. The van der Waals surface area contributed by atoms with Gasteiger partial charge in [0.05, 0.1) is 29.0 Å². The van der Waals surface area contributed by atoms with Crippen molar-refractivity contribution in [2.45, 2.75) is 43.4 Å². The molecule has 2 saturated heterocycles. The lowest BCUT2D eigenvalue weighted by Crippen LogP contribution is -2.50. The maximum atomic E-state index is 12.6. The van der Waals surface area contributed by atoms with E-state index in [9.17, 15) is 13.2 Å². The third-order valence-corrected chi connectivity index (χ3v) is 8.42. The van der Waals surface area contributed by atoms with E-state index in [2.05, 4.69) is 33.4 Å². The van der Waals surface area contributed by atoms with Crippen LogP contribution in [0.2, 0.25) is 0 Å². The summed E-state index contributed by atoms with van der Waals surface area (Å²) in [6.07, 6.45) is 4.71. The van der Waals surface area contributed by atoms with E-state index in [0.717, 1.165) is 38.0 Å². The number of benzene rings is 1. The molecule has 2 aliphatic rings. The molecule has 3 heterocycles. The standard InChI is InChI=1S/C20H27N5O3S2/c1-2-15-7-3-4-8-17(15)25-14-21-23-20(25)29-11-19(26)22-16-12-30(27,28)13-18(16)24-9-5-6-10-24/h3-4,7-8,14,16,18H,2,5-6,9-13H2,1H3,(H,22,26). The zero-order valence-electron chi connectivity index (χ0n) is 17.0. The minimum atomic E-state index is -3.13. The summed E-state index contributed by atoms with van der Waals surface area (Å²) in [6, 6.07) is 7.58. The largest absolute Gasteiger partial charge is 0.350 e. The van der Waals surface area contributed by atoms with Crippen molar-refractivity contribution in [3.8, 4) is 5.69 Å². The van der Waals surface area contributed by atoms with E-state index in [0.29, 0.717) is 5.16 Å². The quantitative estimate of drug-likeness (QED) is 0.637. The first-order valence-electron chi connectivity index (χ1n) is 10.3. The molecule has 1 N–H and O–H groups in total. The van der Waals surface area contributed by atoms with Crippen LogP contribution in [0.3, 0.4) is 0 Å². The number of likely N-dealkylation sites (tertiary alicyclic amines) is 1. The number of carbonyl (C=O) groups excluding carboxylic acids is 1. The Morgan fingerprint density at radius 3 is 2.77 bits per heavy atom. The molecule has 0 spiro atoms. The second-order valence-electron chi connectivity index (χ2n) is 7.82. The molecule has 2 atom stereocenters. The predicted octanol–water partition coefficient (Wildman–Crippen LogP) is 1.30. The molecule has 162 valence electrons. The fraction of sp³-hybridized carbons (Fsp3) is 0.550. The van der Waals surface area contributed by atoms with Gasteiger partial charge in [-0.2, -0.15) is 0 Å². The van der Waals surface area contributed by atoms with Gasteiger partial charge in [0.1, 0.15) is 6.33 Å². The summed E-state index contributed by atoms with van der Waals surface area (Å²) < 4.78 is 26.3. The van der Waals surface area contributed by atoms with E-state index >= 15 is 0 Å². The number of aromatic nitrogens is 3. The van der Waals surface area contributed by atoms with Crippen LogP contribution in [0.15, 0.2) is 35.7 Å². The zero-order valence-corrected chi connectivity index (χ0v) is 18.7. The summed E-state index contributed by atoms with van der Waals surface area (Å²) in [5.41, 5.74) is 2.18. The molecule has 2 unspecified atom stereocenters. The SMILES string of the molecule is CCc1ccccc1-n1cnnc1SCC(=O)NC1CS(=O)(=O)CC1N1CCCC1. The fourth-order valence-corrected chi connectivity index (χ4v) is 7.00. The smallest absolute Gasteiger partial charge is 0.230 e. The Hall–Kier alpha value is -1.91. The van der Waals surface area contributed by atoms with Crippen molar-refractivity contribution < 1.29 is 13.2 Å². The van der Waals surface area contributed by atoms with E-state index in [1.807, 2.05) is 22.8 Å². The van der Waals surface area contributed by atoms with Gasteiger partial charge < -0.3 is 5.32 Å². The van der Waals surface area contributed by atoms with Crippen LogP contribution >= 0.6 is 11.8 Å². The summed E-state index contributed by atoms with van der Waals surface area (Å²) >= 11 is 1.31. The molecule has 4 rings (SSSR count). The van der Waals surface area contributed by atoms with E-state index < -0.39 is 9.84 Å². The highest BCUT2D eigenvalue weighted by atomic mass is 32.2. The third kappa shape index (κ3) is 4.70. The van der Waals surface area contributed by atoms with Crippen LogP contribution in [0, 0.1) is 0 Å². The van der Waals surface area contributed by atoms with Crippen molar-refractivity contribution >= 4 is 27.5 Å². The van der Waals surface area contributed by atoms with Gasteiger partial charge in [-0.1, -0.05) is 36.9 Å². The summed E-state index contributed by atoms with van der Waals surface area (Å²) in [7, 11) is -3.13. The zero-order chi connectivity index (χ0) is 21.1. The van der Waals surface area contributed by atoms with Gasteiger partial charge in [-0.3, -0.25) is 14.3 Å². The van der Waals surface area contributed by atoms with E-state index in [1.165, 1.54) is 17.3 Å². The Balaban J connectivity index is 1.40. The first-order valence-corrected chi connectivity index (χ1v) is 13.1. The summed E-state index contributed by atoms with van der Waals surface area (Å²) in [6.45, 7) is 3.90. The molecule has 2 aromatic rings. The van der Waals surface area contributed by atoms with E-state index in [-0.39, 0.29) is 35.2 Å². The molecule has 2 fully saturated rings. The van der Waals surface area contributed by atoms with Gasteiger partial charge in [-0.15, -0.1) is 10.2 Å². The van der Waals surface area contributed by atoms with Crippen LogP contribution in [-0.2, 0) is 21.1 Å². The van der Waals surface area contributed by atoms with Crippen LogP contribution in [0.1, 0.15) is 25.3 Å². The number of para-hydroxylation sites is 1. The summed E-state index contributed by atoms with van der Waals surface area (Å²) in [5, 5.41) is 11.8. The molecule has 0 bridgehead atoms. The molecule has 0 saturated carbocycles. The van der Waals surface area contributed by atoms with Crippen molar-refractivity contribution in [3.63, 3.8) is 0 Å². The summed E-state index contributed by atoms with van der Waals surface area (Å²) in [4.78, 5) is 14.8. The first-order chi connectivity index (χ1) is 14.5. The van der Waals surface area contributed by atoms with Crippen molar-refractivity contribution in [1.29, 1.82) is 0 Å². The highest BCUT2D eigenvalue weighted by Crippen LogP contribution is 2.24. The van der Waals surface area contributed by atoms with Crippen molar-refractivity contribution in [3.05, 3.63) is 36.2 Å². The second-order valence-corrected chi connectivity index (χ2v) is 10.9. The maximum absolute atomic E-state index is 12.6. The average molecular weight is 450 g/mol. The number of thioether (sulfide) groups is 1. The monoisotopic (exact) mass is 449 g/mol. The maximum Gasteiger partial charge on any atom is 0.230 e. The van der Waals surface area contributed by atoms with Crippen LogP contribution in [0.25, 0.3) is 5.69 Å². The highest BCUT2D eigenvalue weighted by Gasteiger charge is 2.42. The molecular weight excluding hydrogens is 422 g/mol. The minimum absolute atomic E-state index is 0.0185. The lowest BCUT2D eigenvalue weighted by atomic mass is 10.1. The number of nitrogens with zero attached hydrogens (tertiary/aromatic N) is 4. The molecule has 2 aliphatic heterocycles. The Morgan fingerprint density at radius 1 is 1.23 bits per heavy atom. The van der Waals surface area contributed by atoms with Crippen LogP contribution < -0.4 is 5.32 Å². The van der Waals surface area contributed by atoms with Gasteiger partial charge in [0, 0.05) is 6.04 Å². The molecule has 30 heavy (non-hydrogen) atoms. The number of nitrogens with one attached hydrogen (secondary N) is 1. The minimum Gasteiger partial charge on any atom is -0.350 e. The molecule has 8 nitrogen and oxygen atoms in total. The van der Waals surface area contributed by atoms with Gasteiger partial charge in [0.15, 0.2) is 15.0 Å². The second kappa shape index (κ2) is 9.07. The van der Waals surface area contributed by atoms with E-state index in [4.69, 9.17) is 0 Å². The van der Waals surface area contributed by atoms with Gasteiger partial charge in [0.25, 0.3) is 0 Å². The van der Waals surface area contributed by atoms with Crippen LogP contribution in [-0.4, -0.2) is 76.4 Å². The topological polar surface area (TPSA) is 97.2 Å². The number of rotatable bonds is 7. The number of sulfone groups is 1. The normalized spacial score (nSPS) is 23.6. The number of hydrogen-bond donors (Lipinski definition) is 1. The Morgan fingerprint density at radius 2 is 2.00 bits per heavy atom. The lowest BCUT2D eigenvalue weighted by molar-refractivity contribution is -0.119. The fourth-order valence-electron chi connectivity index (χ4n) is 4.31. The van der Waals surface area contributed by atoms with Crippen LogP contribution in [0.4, 0.5) is 0 Å². The Labute approximate surface area is 181 Å². The summed E-state index contributed by atoms with van der Waals surface area (Å²) in [5.74, 6) is 0.137. The van der Waals surface area contributed by atoms with Gasteiger partial charge in [-0.25, -0.2) is 8.42 Å². The number of hydrogen-bond acceptors (Lipinski definition) is 7. The number of carbonyl (C=O) groups is 1. The predicted molar refractivity (Wildman–Crippen MR) is 117 cm³/mol. The molecule has 0 radical (unpaired) electrons. The average Bonchev–Trinajstić information content (AvgIpc) is 3.46. The van der Waals surface area contributed by atoms with Gasteiger partial charge >= 0.3 is 0 Å². The Kier molecular flexibility index (Phi) is 6.45. The van der Waals surface area contributed by atoms with Crippen molar-refractivity contribution in [1.82, 2.24) is 25.0 Å². The third-order valence-electron chi connectivity index (χ3n) is 5.76. The molecule has 0 aliphatic carbocycles. The molecule has 10 heteroatoms. The molecule has 1 amide bonds. The van der Waals surface area contributed by atoms with Crippen molar-refractivity contribution in [2.75, 3.05) is 30.3 Å². The molecular formula is C20H27N5O3S2. The van der Waals surface area contributed by atoms with Crippen molar-refractivity contribution in [2.24, 2.45) is 0 Å². The number of amides is 1.